The molecule has 1 aromatic rings. The molecule has 0 fully saturated rings. The van der Waals surface area contributed by atoms with E-state index >= 15 is 0 Å². The number of anilines is 1. The van der Waals surface area contributed by atoms with Gasteiger partial charge in [-0.05, 0) is 62.3 Å². The predicted octanol–water partition coefficient (Wildman–Crippen LogP) is 4.17. The summed E-state index contributed by atoms with van der Waals surface area (Å²) in [7, 11) is 0. The van der Waals surface area contributed by atoms with Crippen molar-refractivity contribution in [1.29, 1.82) is 0 Å². The molecule has 2 rings (SSSR count). The zero-order valence-electron chi connectivity index (χ0n) is 13.0. The third-order valence-electron chi connectivity index (χ3n) is 4.56. The summed E-state index contributed by atoms with van der Waals surface area (Å²) < 4.78 is 0. The minimum atomic E-state index is 0.379. The van der Waals surface area contributed by atoms with Gasteiger partial charge < -0.3 is 10.2 Å². The highest BCUT2D eigenvalue weighted by molar-refractivity contribution is 5.66. The number of benzene rings is 1. The van der Waals surface area contributed by atoms with Gasteiger partial charge >= 0.3 is 0 Å². The topological polar surface area (TPSA) is 15.3 Å². The molecule has 0 amide bonds. The number of nitrogens with one attached hydrogen (secondary N) is 1. The van der Waals surface area contributed by atoms with Crippen LogP contribution in [0, 0.1) is 33.6 Å². The Labute approximate surface area is 117 Å². The first-order valence-corrected chi connectivity index (χ1v) is 7.25. The first-order chi connectivity index (χ1) is 8.97. The predicted molar refractivity (Wildman–Crippen MR) is 83.4 cm³/mol. The fourth-order valence-electron chi connectivity index (χ4n) is 2.94. The lowest BCUT2D eigenvalue weighted by molar-refractivity contribution is 0.418. The molecule has 1 aromatic carbocycles. The molecule has 2 nitrogen and oxygen atoms in total. The molecule has 0 aliphatic carbocycles. The van der Waals surface area contributed by atoms with Crippen LogP contribution in [-0.4, -0.2) is 6.17 Å². The summed E-state index contributed by atoms with van der Waals surface area (Å²) in [6.07, 6.45) is 5.81. The van der Waals surface area contributed by atoms with Crippen molar-refractivity contribution in [2.24, 2.45) is 5.92 Å². The molecule has 1 N–H and O–H groups in total. The van der Waals surface area contributed by atoms with Crippen LogP contribution in [0.4, 0.5) is 5.69 Å². The fourth-order valence-corrected chi connectivity index (χ4v) is 2.94. The highest BCUT2D eigenvalue weighted by Crippen LogP contribution is 2.33. The van der Waals surface area contributed by atoms with Gasteiger partial charge in [0.05, 0.1) is 0 Å². The largest absolute Gasteiger partial charge is 0.369 e. The van der Waals surface area contributed by atoms with Gasteiger partial charge in [0.25, 0.3) is 0 Å². The van der Waals surface area contributed by atoms with Crippen LogP contribution in [0.1, 0.15) is 42.5 Å². The van der Waals surface area contributed by atoms with Crippen molar-refractivity contribution in [2.45, 2.75) is 54.1 Å². The zero-order chi connectivity index (χ0) is 14.2. The van der Waals surface area contributed by atoms with Crippen molar-refractivity contribution in [3.05, 3.63) is 40.7 Å². The molecule has 19 heavy (non-hydrogen) atoms. The molecule has 1 aliphatic rings. The number of aryl methyl sites for hydroxylation is 2. The van der Waals surface area contributed by atoms with Crippen LogP contribution in [0.25, 0.3) is 0 Å². The minimum absolute atomic E-state index is 0.379. The molecule has 2 unspecified atom stereocenters. The number of nitrogens with zero attached hydrogens (tertiary/aromatic N) is 1. The molecule has 0 radical (unpaired) electrons. The number of rotatable bonds is 3. The lowest BCUT2D eigenvalue weighted by Gasteiger charge is -2.33. The Morgan fingerprint density at radius 3 is 2.47 bits per heavy atom. The van der Waals surface area contributed by atoms with Crippen LogP contribution in [0.2, 0.25) is 0 Å². The third kappa shape index (κ3) is 2.36. The lowest BCUT2D eigenvalue weighted by atomic mass is 9.96. The normalized spacial score (nSPS) is 19.7. The lowest BCUT2D eigenvalue weighted by Crippen LogP contribution is -2.41. The molecular formula is C17H26N2. The van der Waals surface area contributed by atoms with E-state index in [4.69, 9.17) is 0 Å². The summed E-state index contributed by atoms with van der Waals surface area (Å²) in [4.78, 5) is 2.41. The summed E-state index contributed by atoms with van der Waals surface area (Å²) in [5, 5.41) is 3.49. The highest BCUT2D eigenvalue weighted by atomic mass is 15.3. The van der Waals surface area contributed by atoms with Crippen molar-refractivity contribution in [3.8, 4) is 0 Å². The maximum Gasteiger partial charge on any atom is 0.105 e. The number of hydrogen-bond acceptors (Lipinski definition) is 2. The molecule has 0 bridgehead atoms. The molecule has 2 atom stereocenters. The van der Waals surface area contributed by atoms with Crippen LogP contribution in [-0.2, 0) is 0 Å². The second kappa shape index (κ2) is 5.28. The molecule has 2 heteroatoms. The standard InChI is InChI=1S/C17H26N2/c1-7-11(2)17-18-8-9-19(17)16-13(4)10-12(3)14(5)15(16)6/h8-11,17-18H,7H2,1-6H3. The quantitative estimate of drug-likeness (QED) is 0.875. The Morgan fingerprint density at radius 1 is 1.16 bits per heavy atom. The smallest absolute Gasteiger partial charge is 0.105 e. The second-order valence-corrected chi connectivity index (χ2v) is 5.83. The molecule has 1 aliphatic heterocycles. The van der Waals surface area contributed by atoms with Gasteiger partial charge in [0.1, 0.15) is 6.17 Å². The van der Waals surface area contributed by atoms with Crippen molar-refractivity contribution in [1.82, 2.24) is 5.32 Å². The van der Waals surface area contributed by atoms with Crippen molar-refractivity contribution < 1.29 is 0 Å². The monoisotopic (exact) mass is 258 g/mol. The minimum Gasteiger partial charge on any atom is -0.369 e. The number of hydrogen-bond donors (Lipinski definition) is 1. The van der Waals surface area contributed by atoms with Crippen LogP contribution in [0.15, 0.2) is 18.5 Å². The van der Waals surface area contributed by atoms with E-state index < -0.39 is 0 Å². The molecule has 104 valence electrons. The highest BCUT2D eigenvalue weighted by Gasteiger charge is 2.27. The molecule has 0 spiro atoms. The zero-order valence-corrected chi connectivity index (χ0v) is 13.0. The van der Waals surface area contributed by atoms with Gasteiger partial charge in [0.2, 0.25) is 0 Å². The van der Waals surface area contributed by atoms with E-state index in [9.17, 15) is 0 Å². The van der Waals surface area contributed by atoms with Crippen molar-refractivity contribution in [2.75, 3.05) is 4.90 Å². The fraction of sp³-hybridized carbons (Fsp3) is 0.529. The van der Waals surface area contributed by atoms with Gasteiger partial charge in [-0.1, -0.05) is 19.9 Å². The average molecular weight is 258 g/mol. The van der Waals surface area contributed by atoms with Crippen LogP contribution >= 0.6 is 0 Å². The van der Waals surface area contributed by atoms with Crippen molar-refractivity contribution >= 4 is 5.69 Å². The van der Waals surface area contributed by atoms with E-state index in [-0.39, 0.29) is 0 Å². The Balaban J connectivity index is 2.47. The van der Waals surface area contributed by atoms with E-state index in [0.29, 0.717) is 12.1 Å². The summed E-state index contributed by atoms with van der Waals surface area (Å²) in [5.41, 5.74) is 6.93. The van der Waals surface area contributed by atoms with E-state index in [0.717, 1.165) is 0 Å². The van der Waals surface area contributed by atoms with Crippen molar-refractivity contribution in [3.63, 3.8) is 0 Å². The van der Waals surface area contributed by atoms with Crippen LogP contribution < -0.4 is 10.2 Å². The maximum atomic E-state index is 3.49. The van der Waals surface area contributed by atoms with Gasteiger partial charge in [0, 0.05) is 18.1 Å². The second-order valence-electron chi connectivity index (χ2n) is 5.83. The Hall–Kier alpha value is -1.44. The molecule has 0 saturated carbocycles. The Kier molecular flexibility index (Phi) is 3.88. The first kappa shape index (κ1) is 14.0. The van der Waals surface area contributed by atoms with Gasteiger partial charge in [-0.15, -0.1) is 0 Å². The van der Waals surface area contributed by atoms with Gasteiger partial charge in [-0.25, -0.2) is 0 Å². The van der Waals surface area contributed by atoms with Crippen LogP contribution in [0.5, 0.6) is 0 Å². The summed E-state index contributed by atoms with van der Waals surface area (Å²) in [5.74, 6) is 0.621. The molecule has 1 heterocycles. The van der Waals surface area contributed by atoms with Gasteiger partial charge in [-0.2, -0.15) is 0 Å². The summed E-state index contributed by atoms with van der Waals surface area (Å²) in [6, 6.07) is 2.30. The summed E-state index contributed by atoms with van der Waals surface area (Å²) in [6.45, 7) is 13.4. The van der Waals surface area contributed by atoms with Crippen LogP contribution in [0.3, 0.4) is 0 Å². The third-order valence-corrected chi connectivity index (χ3v) is 4.56. The van der Waals surface area contributed by atoms with Gasteiger partial charge in [-0.3, -0.25) is 0 Å². The maximum absolute atomic E-state index is 3.49. The molecule has 0 saturated heterocycles. The molecular weight excluding hydrogens is 232 g/mol. The SMILES string of the molecule is CCC(C)C1NC=CN1c1c(C)cc(C)c(C)c1C. The van der Waals surface area contributed by atoms with E-state index in [1.54, 1.807) is 0 Å². The summed E-state index contributed by atoms with van der Waals surface area (Å²) >= 11 is 0. The van der Waals surface area contributed by atoms with E-state index in [1.165, 1.54) is 34.4 Å². The molecule has 0 aromatic heterocycles. The van der Waals surface area contributed by atoms with Gasteiger partial charge in [0.15, 0.2) is 0 Å². The van der Waals surface area contributed by atoms with E-state index in [2.05, 4.69) is 70.2 Å². The Morgan fingerprint density at radius 2 is 1.84 bits per heavy atom. The average Bonchev–Trinajstić information content (AvgIpc) is 2.84. The van der Waals surface area contributed by atoms with E-state index in [1.807, 2.05) is 0 Å². The Bertz CT molecular complexity index is 502. The first-order valence-electron chi connectivity index (χ1n) is 7.25.